The van der Waals surface area contributed by atoms with E-state index in [1.807, 2.05) is 6.07 Å². The molecule has 0 aliphatic rings. The van der Waals surface area contributed by atoms with Crippen LogP contribution in [0.3, 0.4) is 0 Å². The van der Waals surface area contributed by atoms with E-state index in [9.17, 15) is 13.6 Å². The maximum Gasteiger partial charge on any atom is 0.323 e. The number of halogens is 3. The Balaban J connectivity index is 2.04. The standard InChI is InChI=1S/C14H9BrF2N2O/c15-13(7-1-3-9(16)10(17)5-7)8-2-4-11-12(6-8)19-14(20)18-11/h1-6,13H,(H2,18,19,20). The number of H-pyrrole nitrogens is 2. The Labute approximate surface area is 120 Å². The molecule has 0 saturated heterocycles. The van der Waals surface area contributed by atoms with Gasteiger partial charge in [0.05, 0.1) is 15.9 Å². The second-order valence-electron chi connectivity index (χ2n) is 4.42. The van der Waals surface area contributed by atoms with Gasteiger partial charge >= 0.3 is 5.69 Å². The lowest BCUT2D eigenvalue weighted by Gasteiger charge is -2.11. The summed E-state index contributed by atoms with van der Waals surface area (Å²) >= 11 is 3.45. The molecule has 1 heterocycles. The van der Waals surface area contributed by atoms with Crippen LogP contribution in [0, 0.1) is 11.6 Å². The molecule has 0 amide bonds. The Hall–Kier alpha value is -1.95. The third-order valence-electron chi connectivity index (χ3n) is 3.07. The van der Waals surface area contributed by atoms with Crippen LogP contribution in [0.25, 0.3) is 11.0 Å². The third kappa shape index (κ3) is 2.27. The highest BCUT2D eigenvalue weighted by Crippen LogP contribution is 2.32. The van der Waals surface area contributed by atoms with Crippen LogP contribution in [-0.2, 0) is 0 Å². The van der Waals surface area contributed by atoms with E-state index < -0.39 is 11.6 Å². The molecule has 0 aliphatic heterocycles. The first-order valence-electron chi connectivity index (χ1n) is 5.85. The second kappa shape index (κ2) is 4.86. The molecule has 0 saturated carbocycles. The van der Waals surface area contributed by atoms with Crippen LogP contribution >= 0.6 is 15.9 Å². The van der Waals surface area contributed by atoms with Gasteiger partial charge in [-0.3, -0.25) is 0 Å². The zero-order valence-corrected chi connectivity index (χ0v) is 11.7. The molecule has 1 unspecified atom stereocenters. The highest BCUT2D eigenvalue weighted by molar-refractivity contribution is 9.09. The van der Waals surface area contributed by atoms with Gasteiger partial charge < -0.3 is 9.97 Å². The highest BCUT2D eigenvalue weighted by atomic mass is 79.9. The summed E-state index contributed by atoms with van der Waals surface area (Å²) < 4.78 is 26.2. The number of fused-ring (bicyclic) bond motifs is 1. The Kier molecular flexibility index (Phi) is 3.17. The van der Waals surface area contributed by atoms with Crippen molar-refractivity contribution in [1.82, 2.24) is 9.97 Å². The molecule has 20 heavy (non-hydrogen) atoms. The largest absolute Gasteiger partial charge is 0.323 e. The molecule has 0 aliphatic carbocycles. The number of imidazole rings is 1. The van der Waals surface area contributed by atoms with Crippen molar-refractivity contribution in [3.05, 3.63) is 69.6 Å². The molecular weight excluding hydrogens is 330 g/mol. The van der Waals surface area contributed by atoms with Crippen molar-refractivity contribution in [2.45, 2.75) is 4.83 Å². The molecule has 0 radical (unpaired) electrons. The van der Waals surface area contributed by atoms with Crippen molar-refractivity contribution in [2.24, 2.45) is 0 Å². The van der Waals surface area contributed by atoms with Gasteiger partial charge in [0, 0.05) is 0 Å². The lowest BCUT2D eigenvalue weighted by Crippen LogP contribution is -1.99. The summed E-state index contributed by atoms with van der Waals surface area (Å²) in [5.41, 5.74) is 2.51. The van der Waals surface area contributed by atoms with Crippen LogP contribution in [0.4, 0.5) is 8.78 Å². The fraction of sp³-hybridized carbons (Fsp3) is 0.0714. The molecule has 2 aromatic carbocycles. The van der Waals surface area contributed by atoms with Crippen molar-refractivity contribution in [3.63, 3.8) is 0 Å². The number of nitrogens with one attached hydrogen (secondary N) is 2. The Bertz CT molecular complexity index is 841. The summed E-state index contributed by atoms with van der Waals surface area (Å²) in [5.74, 6) is -1.76. The third-order valence-corrected chi connectivity index (χ3v) is 4.13. The number of alkyl halides is 1. The summed E-state index contributed by atoms with van der Waals surface area (Å²) in [6, 6.07) is 9.12. The Morgan fingerprint density at radius 2 is 1.55 bits per heavy atom. The monoisotopic (exact) mass is 338 g/mol. The van der Waals surface area contributed by atoms with E-state index in [0.29, 0.717) is 16.6 Å². The van der Waals surface area contributed by atoms with Gasteiger partial charge in [0.15, 0.2) is 11.6 Å². The van der Waals surface area contributed by atoms with E-state index in [4.69, 9.17) is 0 Å². The topological polar surface area (TPSA) is 48.6 Å². The smallest absolute Gasteiger partial charge is 0.306 e. The van der Waals surface area contributed by atoms with Crippen LogP contribution in [-0.4, -0.2) is 9.97 Å². The minimum Gasteiger partial charge on any atom is -0.306 e. The molecule has 102 valence electrons. The first-order valence-corrected chi connectivity index (χ1v) is 6.77. The molecule has 3 rings (SSSR count). The zero-order chi connectivity index (χ0) is 14.3. The fourth-order valence-corrected chi connectivity index (χ4v) is 2.64. The second-order valence-corrected chi connectivity index (χ2v) is 5.34. The van der Waals surface area contributed by atoms with Crippen molar-refractivity contribution >= 4 is 27.0 Å². The fourth-order valence-electron chi connectivity index (χ4n) is 2.07. The van der Waals surface area contributed by atoms with E-state index in [1.165, 1.54) is 6.07 Å². The molecule has 3 nitrogen and oxygen atoms in total. The molecule has 0 fully saturated rings. The van der Waals surface area contributed by atoms with Gasteiger partial charge in [0.2, 0.25) is 0 Å². The van der Waals surface area contributed by atoms with E-state index in [-0.39, 0.29) is 10.5 Å². The van der Waals surface area contributed by atoms with E-state index >= 15 is 0 Å². The van der Waals surface area contributed by atoms with Crippen LogP contribution in [0.2, 0.25) is 0 Å². The first-order chi connectivity index (χ1) is 9.54. The molecule has 2 N–H and O–H groups in total. The Morgan fingerprint density at radius 1 is 0.900 bits per heavy atom. The normalized spacial score (nSPS) is 12.8. The average Bonchev–Trinajstić information content (AvgIpc) is 2.80. The molecular formula is C14H9BrF2N2O. The van der Waals surface area contributed by atoms with Gasteiger partial charge in [-0.1, -0.05) is 28.1 Å². The number of aromatic amines is 2. The maximum atomic E-state index is 13.3. The Morgan fingerprint density at radius 3 is 2.30 bits per heavy atom. The summed E-state index contributed by atoms with van der Waals surface area (Å²) in [6.45, 7) is 0. The summed E-state index contributed by atoms with van der Waals surface area (Å²) in [6.07, 6.45) is 0. The van der Waals surface area contributed by atoms with Crippen LogP contribution in [0.5, 0.6) is 0 Å². The molecule has 1 aromatic heterocycles. The van der Waals surface area contributed by atoms with Gasteiger partial charge in [-0.05, 0) is 35.4 Å². The molecule has 1 atom stereocenters. The predicted octanol–water partition coefficient (Wildman–Crippen LogP) is 3.62. The van der Waals surface area contributed by atoms with E-state index in [1.54, 1.807) is 12.1 Å². The average molecular weight is 339 g/mol. The van der Waals surface area contributed by atoms with Gasteiger partial charge in [-0.15, -0.1) is 0 Å². The molecule has 6 heteroatoms. The minimum atomic E-state index is -0.886. The lowest BCUT2D eigenvalue weighted by atomic mass is 10.0. The van der Waals surface area contributed by atoms with Crippen molar-refractivity contribution in [2.75, 3.05) is 0 Å². The maximum absolute atomic E-state index is 13.3. The van der Waals surface area contributed by atoms with Crippen LogP contribution in [0.1, 0.15) is 16.0 Å². The first kappa shape index (κ1) is 13.1. The number of rotatable bonds is 2. The zero-order valence-electron chi connectivity index (χ0n) is 10.1. The number of aromatic nitrogens is 2. The van der Waals surface area contributed by atoms with Gasteiger partial charge in [-0.25, -0.2) is 13.6 Å². The summed E-state index contributed by atoms with van der Waals surface area (Å²) in [7, 11) is 0. The summed E-state index contributed by atoms with van der Waals surface area (Å²) in [5, 5.41) is 0. The quantitative estimate of drug-likeness (QED) is 0.689. The van der Waals surface area contributed by atoms with Crippen LogP contribution < -0.4 is 5.69 Å². The predicted molar refractivity (Wildman–Crippen MR) is 76.0 cm³/mol. The molecule has 3 aromatic rings. The van der Waals surface area contributed by atoms with Crippen molar-refractivity contribution in [3.8, 4) is 0 Å². The van der Waals surface area contributed by atoms with Gasteiger partial charge in [-0.2, -0.15) is 0 Å². The molecule has 0 spiro atoms. The van der Waals surface area contributed by atoms with E-state index in [2.05, 4.69) is 25.9 Å². The number of hydrogen-bond acceptors (Lipinski definition) is 1. The minimum absolute atomic E-state index is 0.281. The van der Waals surface area contributed by atoms with Crippen molar-refractivity contribution in [1.29, 1.82) is 0 Å². The van der Waals surface area contributed by atoms with Crippen molar-refractivity contribution < 1.29 is 8.78 Å². The number of hydrogen-bond donors (Lipinski definition) is 2. The number of benzene rings is 2. The summed E-state index contributed by atoms with van der Waals surface area (Å²) in [4.78, 5) is 16.2. The van der Waals surface area contributed by atoms with Gasteiger partial charge in [0.1, 0.15) is 0 Å². The lowest BCUT2D eigenvalue weighted by molar-refractivity contribution is 0.507. The SMILES string of the molecule is O=c1[nH]c2ccc(C(Br)c3ccc(F)c(F)c3)cc2[nH]1. The van der Waals surface area contributed by atoms with Gasteiger partial charge in [0.25, 0.3) is 0 Å². The highest BCUT2D eigenvalue weighted by Gasteiger charge is 2.14. The van der Waals surface area contributed by atoms with E-state index in [0.717, 1.165) is 17.7 Å². The molecule has 0 bridgehead atoms. The van der Waals surface area contributed by atoms with Crippen LogP contribution in [0.15, 0.2) is 41.2 Å².